The van der Waals surface area contributed by atoms with E-state index in [1.54, 1.807) is 12.4 Å². The molecule has 0 aliphatic carbocycles. The van der Waals surface area contributed by atoms with Gasteiger partial charge in [-0.1, -0.05) is 11.6 Å². The Balaban J connectivity index is 1.85. The van der Waals surface area contributed by atoms with Crippen molar-refractivity contribution >= 4 is 21.6 Å². The third-order valence-corrected chi connectivity index (χ3v) is 5.86. The first-order chi connectivity index (χ1) is 10.5. The van der Waals surface area contributed by atoms with Crippen molar-refractivity contribution in [3.8, 4) is 0 Å². The lowest BCUT2D eigenvalue weighted by Crippen LogP contribution is -2.28. The van der Waals surface area contributed by atoms with Crippen LogP contribution < -0.4 is 0 Å². The number of hydrogen-bond donors (Lipinski definition) is 0. The van der Waals surface area contributed by atoms with Crippen molar-refractivity contribution in [1.82, 2.24) is 9.29 Å². The number of halogens is 2. The van der Waals surface area contributed by atoms with Crippen LogP contribution in [0.3, 0.4) is 0 Å². The Morgan fingerprint density at radius 1 is 1.23 bits per heavy atom. The Morgan fingerprint density at radius 3 is 2.64 bits per heavy atom. The quantitative estimate of drug-likeness (QED) is 0.863. The molecule has 1 aromatic carbocycles. The smallest absolute Gasteiger partial charge is 0.243 e. The van der Waals surface area contributed by atoms with E-state index in [-0.39, 0.29) is 15.8 Å². The van der Waals surface area contributed by atoms with E-state index in [9.17, 15) is 12.8 Å². The second-order valence-corrected chi connectivity index (χ2v) is 7.61. The average molecular weight is 341 g/mol. The lowest BCUT2D eigenvalue weighted by molar-refractivity contribution is 0.472. The van der Waals surface area contributed by atoms with Crippen LogP contribution >= 0.6 is 11.6 Å². The van der Waals surface area contributed by atoms with Gasteiger partial charge in [0.15, 0.2) is 0 Å². The summed E-state index contributed by atoms with van der Waals surface area (Å²) in [5.41, 5.74) is 1.06. The molecular formula is C15H14ClFN2O2S. The van der Waals surface area contributed by atoms with Crippen LogP contribution in [0.1, 0.15) is 17.9 Å². The van der Waals surface area contributed by atoms with Gasteiger partial charge in [-0.2, -0.15) is 4.31 Å². The molecule has 1 unspecified atom stereocenters. The lowest BCUT2D eigenvalue weighted by Gasteiger charge is -2.17. The zero-order valence-electron chi connectivity index (χ0n) is 11.6. The van der Waals surface area contributed by atoms with Crippen molar-refractivity contribution in [2.24, 2.45) is 0 Å². The van der Waals surface area contributed by atoms with Crippen LogP contribution in [0.25, 0.3) is 0 Å². The summed E-state index contributed by atoms with van der Waals surface area (Å²) in [6.45, 7) is 0.782. The number of hydrogen-bond acceptors (Lipinski definition) is 3. The summed E-state index contributed by atoms with van der Waals surface area (Å²) in [5, 5.41) is 0.0726. The molecule has 1 atom stereocenters. The van der Waals surface area contributed by atoms with E-state index >= 15 is 0 Å². The Bertz CT molecular complexity index is 763. The highest BCUT2D eigenvalue weighted by molar-refractivity contribution is 7.89. The number of pyridine rings is 1. The summed E-state index contributed by atoms with van der Waals surface area (Å²) < 4.78 is 40.0. The van der Waals surface area contributed by atoms with Crippen LogP contribution in [0.5, 0.6) is 0 Å². The molecule has 116 valence electrons. The Kier molecular flexibility index (Phi) is 4.16. The topological polar surface area (TPSA) is 50.3 Å². The predicted octanol–water partition coefficient (Wildman–Crippen LogP) is 3.05. The molecule has 0 bridgehead atoms. The molecule has 1 fully saturated rings. The molecular weight excluding hydrogens is 327 g/mol. The summed E-state index contributed by atoms with van der Waals surface area (Å²) in [7, 11) is -3.73. The largest absolute Gasteiger partial charge is 0.265 e. The molecule has 7 heteroatoms. The number of rotatable bonds is 3. The summed E-state index contributed by atoms with van der Waals surface area (Å²) >= 11 is 5.76. The molecule has 1 aliphatic heterocycles. The Labute approximate surface area is 133 Å². The van der Waals surface area contributed by atoms with Gasteiger partial charge in [0.1, 0.15) is 5.82 Å². The van der Waals surface area contributed by atoms with Gasteiger partial charge in [0, 0.05) is 30.5 Å². The van der Waals surface area contributed by atoms with Gasteiger partial charge in [0.05, 0.1) is 4.90 Å². The molecule has 2 heterocycles. The minimum atomic E-state index is -3.73. The van der Waals surface area contributed by atoms with Crippen LogP contribution in [-0.4, -0.2) is 30.8 Å². The fraction of sp³-hybridized carbons (Fsp3) is 0.267. The predicted molar refractivity (Wildman–Crippen MR) is 81.8 cm³/mol. The second kappa shape index (κ2) is 5.95. The van der Waals surface area contributed by atoms with E-state index in [2.05, 4.69) is 4.98 Å². The molecule has 1 aromatic heterocycles. The summed E-state index contributed by atoms with van der Waals surface area (Å²) in [6, 6.07) is 7.14. The molecule has 0 N–H and O–H groups in total. The van der Waals surface area contributed by atoms with Crippen molar-refractivity contribution < 1.29 is 12.8 Å². The Morgan fingerprint density at radius 2 is 1.95 bits per heavy atom. The molecule has 1 saturated heterocycles. The lowest BCUT2D eigenvalue weighted by atomic mass is 10.0. The van der Waals surface area contributed by atoms with Crippen molar-refractivity contribution in [3.05, 3.63) is 59.1 Å². The van der Waals surface area contributed by atoms with Crippen molar-refractivity contribution in [3.63, 3.8) is 0 Å². The third-order valence-electron chi connectivity index (χ3n) is 3.80. The maximum atomic E-state index is 13.4. The van der Waals surface area contributed by atoms with E-state index < -0.39 is 15.8 Å². The van der Waals surface area contributed by atoms with Gasteiger partial charge in [0.2, 0.25) is 10.0 Å². The van der Waals surface area contributed by atoms with E-state index in [0.717, 1.165) is 24.1 Å². The normalized spacial score (nSPS) is 19.5. The summed E-state index contributed by atoms with van der Waals surface area (Å²) in [5.74, 6) is -0.530. The molecule has 3 rings (SSSR count). The van der Waals surface area contributed by atoms with Crippen LogP contribution in [0.2, 0.25) is 5.02 Å². The zero-order valence-corrected chi connectivity index (χ0v) is 13.2. The first-order valence-electron chi connectivity index (χ1n) is 6.83. The number of aromatic nitrogens is 1. The molecule has 4 nitrogen and oxygen atoms in total. The van der Waals surface area contributed by atoms with Gasteiger partial charge >= 0.3 is 0 Å². The molecule has 2 aromatic rings. The maximum absolute atomic E-state index is 13.4. The van der Waals surface area contributed by atoms with E-state index in [1.807, 2.05) is 12.1 Å². The number of nitrogens with zero attached hydrogens (tertiary/aromatic N) is 2. The molecule has 0 spiro atoms. The SMILES string of the molecule is O=S(=O)(c1cc(F)cc(Cl)c1)N1CCC(c2ccncc2)C1. The van der Waals surface area contributed by atoms with E-state index in [0.29, 0.717) is 13.1 Å². The van der Waals surface area contributed by atoms with Crippen LogP contribution in [0.15, 0.2) is 47.6 Å². The van der Waals surface area contributed by atoms with Crippen molar-refractivity contribution in [2.45, 2.75) is 17.2 Å². The molecule has 22 heavy (non-hydrogen) atoms. The highest BCUT2D eigenvalue weighted by Gasteiger charge is 2.33. The fourth-order valence-electron chi connectivity index (χ4n) is 2.68. The van der Waals surface area contributed by atoms with Gasteiger partial charge < -0.3 is 0 Å². The minimum absolute atomic E-state index is 0.0726. The molecule has 0 saturated carbocycles. The fourth-order valence-corrected chi connectivity index (χ4v) is 4.52. The minimum Gasteiger partial charge on any atom is -0.265 e. The molecule has 0 radical (unpaired) electrons. The standard InChI is InChI=1S/C15H14ClFN2O2S/c16-13-7-14(17)9-15(8-13)22(20,21)19-6-3-12(10-19)11-1-4-18-5-2-11/h1-2,4-5,7-9,12H,3,6,10H2. The van der Waals surface area contributed by atoms with Gasteiger partial charge in [0.25, 0.3) is 0 Å². The molecule has 0 amide bonds. The Hall–Kier alpha value is -1.50. The average Bonchev–Trinajstić information content (AvgIpc) is 2.98. The highest BCUT2D eigenvalue weighted by Crippen LogP contribution is 2.31. The van der Waals surface area contributed by atoms with Gasteiger partial charge in [-0.15, -0.1) is 0 Å². The second-order valence-electron chi connectivity index (χ2n) is 5.23. The number of benzene rings is 1. The van der Waals surface area contributed by atoms with Gasteiger partial charge in [-0.3, -0.25) is 4.98 Å². The monoisotopic (exact) mass is 340 g/mol. The number of sulfonamides is 1. The van der Waals surface area contributed by atoms with Gasteiger partial charge in [-0.25, -0.2) is 12.8 Å². The van der Waals surface area contributed by atoms with Crippen molar-refractivity contribution in [1.29, 1.82) is 0 Å². The third kappa shape index (κ3) is 2.99. The zero-order chi connectivity index (χ0) is 15.7. The van der Waals surface area contributed by atoms with Gasteiger partial charge in [-0.05, 0) is 48.2 Å². The first-order valence-corrected chi connectivity index (χ1v) is 8.65. The first kappa shape index (κ1) is 15.4. The van der Waals surface area contributed by atoms with E-state index in [1.165, 1.54) is 10.4 Å². The maximum Gasteiger partial charge on any atom is 0.243 e. The summed E-state index contributed by atoms with van der Waals surface area (Å²) in [4.78, 5) is 3.86. The summed E-state index contributed by atoms with van der Waals surface area (Å²) in [6.07, 6.45) is 4.12. The molecule has 1 aliphatic rings. The van der Waals surface area contributed by atoms with Crippen LogP contribution in [0.4, 0.5) is 4.39 Å². The highest BCUT2D eigenvalue weighted by atomic mass is 35.5. The van der Waals surface area contributed by atoms with Crippen LogP contribution in [0, 0.1) is 5.82 Å². The van der Waals surface area contributed by atoms with E-state index in [4.69, 9.17) is 11.6 Å². The van der Waals surface area contributed by atoms with Crippen molar-refractivity contribution in [2.75, 3.05) is 13.1 Å². The van der Waals surface area contributed by atoms with Crippen LogP contribution in [-0.2, 0) is 10.0 Å².